The maximum Gasteiger partial charge on any atom is 0.223 e. The highest BCUT2D eigenvalue weighted by molar-refractivity contribution is 5.64. The number of pyridine rings is 1. The first-order valence-electron chi connectivity index (χ1n) is 9.08. The molecule has 4 rings (SSSR count). The van der Waals surface area contributed by atoms with Gasteiger partial charge in [0.1, 0.15) is 23.3 Å². The summed E-state index contributed by atoms with van der Waals surface area (Å²) >= 11 is 0. The normalized spacial score (nSPS) is 11.8. The number of nitrogen functional groups attached to an aromatic ring is 1. The van der Waals surface area contributed by atoms with Gasteiger partial charge in [-0.15, -0.1) is 0 Å². The lowest BCUT2D eigenvalue weighted by Gasteiger charge is -2.16. The fraction of sp³-hybridized carbons (Fsp3) is 0.100. The van der Waals surface area contributed by atoms with Gasteiger partial charge in [-0.2, -0.15) is 15.1 Å². The summed E-state index contributed by atoms with van der Waals surface area (Å²) in [7, 11) is 0. The summed E-state index contributed by atoms with van der Waals surface area (Å²) in [6.45, 7) is 1.73. The SMILES string of the molecule is CC(Nc1cc(Nc2cc(-c3ccccn3)[nH]n2)nc(N)n1)c1ccc(F)cc1F. The fourth-order valence-electron chi connectivity index (χ4n) is 2.93. The number of hydrogen-bond acceptors (Lipinski definition) is 7. The predicted octanol–water partition coefficient (Wildman–Crippen LogP) is 4.04. The third-order valence-electron chi connectivity index (χ3n) is 4.31. The zero-order valence-electron chi connectivity index (χ0n) is 15.9. The number of H-pyrrole nitrogens is 1. The van der Waals surface area contributed by atoms with Crippen LogP contribution in [0.1, 0.15) is 18.5 Å². The van der Waals surface area contributed by atoms with Crippen LogP contribution >= 0.6 is 0 Å². The molecular weight excluding hydrogens is 390 g/mol. The molecule has 0 spiro atoms. The van der Waals surface area contributed by atoms with Crippen molar-refractivity contribution in [2.45, 2.75) is 13.0 Å². The van der Waals surface area contributed by atoms with E-state index in [-0.39, 0.29) is 5.95 Å². The molecule has 0 bridgehead atoms. The average Bonchev–Trinajstić information content (AvgIpc) is 3.16. The number of halogens is 2. The Morgan fingerprint density at radius 1 is 1.00 bits per heavy atom. The van der Waals surface area contributed by atoms with Gasteiger partial charge in [-0.25, -0.2) is 8.78 Å². The first kappa shape index (κ1) is 19.2. The zero-order valence-corrected chi connectivity index (χ0v) is 15.9. The summed E-state index contributed by atoms with van der Waals surface area (Å²) in [4.78, 5) is 12.5. The number of nitrogens with one attached hydrogen (secondary N) is 3. The molecule has 1 aromatic carbocycles. The number of benzene rings is 1. The number of anilines is 4. The molecule has 8 nitrogen and oxygen atoms in total. The molecule has 0 fully saturated rings. The van der Waals surface area contributed by atoms with Gasteiger partial charge >= 0.3 is 0 Å². The van der Waals surface area contributed by atoms with Crippen LogP contribution < -0.4 is 16.4 Å². The third-order valence-corrected chi connectivity index (χ3v) is 4.31. The summed E-state index contributed by atoms with van der Waals surface area (Å²) in [5.74, 6) is 0.0314. The average molecular weight is 408 g/mol. The second-order valence-corrected chi connectivity index (χ2v) is 6.54. The molecular formula is C20H18F2N8. The van der Waals surface area contributed by atoms with Gasteiger partial charge in [0.25, 0.3) is 0 Å². The summed E-state index contributed by atoms with van der Waals surface area (Å²) < 4.78 is 27.2. The van der Waals surface area contributed by atoms with Gasteiger partial charge in [0.2, 0.25) is 5.95 Å². The lowest BCUT2D eigenvalue weighted by atomic mass is 10.1. The van der Waals surface area contributed by atoms with E-state index in [0.29, 0.717) is 23.0 Å². The van der Waals surface area contributed by atoms with Gasteiger partial charge in [0.15, 0.2) is 5.82 Å². The van der Waals surface area contributed by atoms with E-state index in [1.807, 2.05) is 18.2 Å². The molecule has 152 valence electrons. The maximum atomic E-state index is 14.0. The Morgan fingerprint density at radius 2 is 1.83 bits per heavy atom. The molecule has 0 aliphatic rings. The van der Waals surface area contributed by atoms with E-state index in [2.05, 4.69) is 35.8 Å². The highest BCUT2D eigenvalue weighted by Gasteiger charge is 2.14. The number of aromatic nitrogens is 5. The van der Waals surface area contributed by atoms with Crippen LogP contribution in [-0.4, -0.2) is 25.1 Å². The van der Waals surface area contributed by atoms with Crippen LogP contribution in [-0.2, 0) is 0 Å². The minimum Gasteiger partial charge on any atom is -0.368 e. The Hall–Kier alpha value is -4.08. The monoisotopic (exact) mass is 408 g/mol. The van der Waals surface area contributed by atoms with Gasteiger partial charge < -0.3 is 16.4 Å². The zero-order chi connectivity index (χ0) is 21.1. The van der Waals surface area contributed by atoms with Gasteiger partial charge in [-0.1, -0.05) is 12.1 Å². The Kier molecular flexibility index (Phi) is 5.21. The summed E-state index contributed by atoms with van der Waals surface area (Å²) in [5, 5.41) is 13.2. The molecule has 4 aromatic rings. The summed E-state index contributed by atoms with van der Waals surface area (Å²) in [6.07, 6.45) is 1.69. The van der Waals surface area contributed by atoms with E-state index in [0.717, 1.165) is 17.5 Å². The largest absolute Gasteiger partial charge is 0.368 e. The number of hydrogen-bond donors (Lipinski definition) is 4. The lowest BCUT2D eigenvalue weighted by Crippen LogP contribution is -2.12. The van der Waals surface area contributed by atoms with Crippen LogP contribution in [0, 0.1) is 11.6 Å². The summed E-state index contributed by atoms with van der Waals surface area (Å²) in [5.41, 5.74) is 7.59. The number of nitrogens with zero attached hydrogens (tertiary/aromatic N) is 4. The Labute approximate surface area is 170 Å². The van der Waals surface area contributed by atoms with Crippen molar-refractivity contribution >= 4 is 23.4 Å². The molecule has 0 radical (unpaired) electrons. The molecule has 30 heavy (non-hydrogen) atoms. The van der Waals surface area contributed by atoms with Crippen molar-refractivity contribution in [1.82, 2.24) is 25.1 Å². The van der Waals surface area contributed by atoms with Crippen molar-refractivity contribution in [1.29, 1.82) is 0 Å². The molecule has 10 heteroatoms. The summed E-state index contributed by atoms with van der Waals surface area (Å²) in [6, 6.07) is 11.9. The third kappa shape index (κ3) is 4.32. The second-order valence-electron chi connectivity index (χ2n) is 6.54. The second kappa shape index (κ2) is 8.11. The van der Waals surface area contributed by atoms with E-state index >= 15 is 0 Å². The van der Waals surface area contributed by atoms with E-state index in [4.69, 9.17) is 5.73 Å². The molecule has 3 aromatic heterocycles. The standard InChI is InChI=1S/C20H18F2N8/c1-11(13-6-5-12(21)8-14(13)22)25-17-10-18(28-20(23)27-17)26-19-9-16(29-30-19)15-4-2-3-7-24-15/h2-11H,1H3,(H5,23,25,26,27,28,29,30). The van der Waals surface area contributed by atoms with Crippen LogP contribution in [0.2, 0.25) is 0 Å². The van der Waals surface area contributed by atoms with Gasteiger partial charge in [-0.05, 0) is 25.1 Å². The van der Waals surface area contributed by atoms with E-state index in [9.17, 15) is 8.78 Å². The minimum absolute atomic E-state index is 0.0229. The smallest absolute Gasteiger partial charge is 0.223 e. The van der Waals surface area contributed by atoms with Crippen molar-refractivity contribution in [3.8, 4) is 11.4 Å². The molecule has 0 aliphatic carbocycles. The van der Waals surface area contributed by atoms with Crippen molar-refractivity contribution in [2.75, 3.05) is 16.4 Å². The maximum absolute atomic E-state index is 14.0. The molecule has 1 atom stereocenters. The van der Waals surface area contributed by atoms with Crippen molar-refractivity contribution < 1.29 is 8.78 Å². The highest BCUT2D eigenvalue weighted by atomic mass is 19.1. The predicted molar refractivity (Wildman–Crippen MR) is 110 cm³/mol. The van der Waals surface area contributed by atoms with Crippen molar-refractivity contribution in [3.05, 3.63) is 71.9 Å². The molecule has 1 unspecified atom stereocenters. The van der Waals surface area contributed by atoms with Crippen molar-refractivity contribution in [2.24, 2.45) is 0 Å². The Balaban J connectivity index is 1.51. The molecule has 3 heterocycles. The van der Waals surface area contributed by atoms with Gasteiger partial charge in [0, 0.05) is 30.0 Å². The van der Waals surface area contributed by atoms with Gasteiger partial charge in [0.05, 0.1) is 17.4 Å². The van der Waals surface area contributed by atoms with Crippen LogP contribution in [0.5, 0.6) is 0 Å². The molecule has 0 saturated heterocycles. The van der Waals surface area contributed by atoms with E-state index in [1.165, 1.54) is 12.1 Å². The minimum atomic E-state index is -0.644. The molecule has 0 aliphatic heterocycles. The number of aromatic amines is 1. The quantitative estimate of drug-likeness (QED) is 0.380. The van der Waals surface area contributed by atoms with Crippen LogP contribution in [0.3, 0.4) is 0 Å². The fourth-order valence-corrected chi connectivity index (χ4v) is 2.93. The van der Waals surface area contributed by atoms with Gasteiger partial charge in [-0.3, -0.25) is 10.1 Å². The number of rotatable bonds is 6. The van der Waals surface area contributed by atoms with Crippen LogP contribution in [0.15, 0.2) is 54.7 Å². The molecule has 0 saturated carbocycles. The van der Waals surface area contributed by atoms with Crippen molar-refractivity contribution in [3.63, 3.8) is 0 Å². The Morgan fingerprint density at radius 3 is 2.60 bits per heavy atom. The van der Waals surface area contributed by atoms with Crippen LogP contribution in [0.4, 0.5) is 32.2 Å². The van der Waals surface area contributed by atoms with E-state index < -0.39 is 17.7 Å². The Bertz CT molecular complexity index is 1160. The first-order valence-corrected chi connectivity index (χ1v) is 9.08. The number of nitrogens with two attached hydrogens (primary N) is 1. The van der Waals surface area contributed by atoms with Crippen LogP contribution in [0.25, 0.3) is 11.4 Å². The first-order chi connectivity index (χ1) is 14.5. The highest BCUT2D eigenvalue weighted by Crippen LogP contribution is 2.25. The topological polar surface area (TPSA) is 117 Å². The lowest BCUT2D eigenvalue weighted by molar-refractivity contribution is 0.566. The van der Waals surface area contributed by atoms with E-state index in [1.54, 1.807) is 25.3 Å². The molecule has 0 amide bonds. The molecule has 5 N–H and O–H groups in total.